The van der Waals surface area contributed by atoms with Crippen LogP contribution in [0.15, 0.2) is 42.6 Å². The van der Waals surface area contributed by atoms with E-state index in [9.17, 15) is 26.7 Å². The molecular weight excluding hydrogens is 417 g/mol. The molecule has 1 heterocycles. The number of nitrogens with one attached hydrogen (secondary N) is 1. The molecule has 0 spiro atoms. The number of anilines is 1. The average molecular weight is 430 g/mol. The minimum absolute atomic E-state index is 0.109. The average Bonchev–Trinajstić information content (AvgIpc) is 3.00. The van der Waals surface area contributed by atoms with E-state index in [1.807, 2.05) is 0 Å². The number of alkyl halides is 3. The number of aromatic nitrogens is 2. The maximum absolute atomic E-state index is 13.8. The Hall–Kier alpha value is -2.94. The first-order valence-corrected chi connectivity index (χ1v) is 8.57. The summed E-state index contributed by atoms with van der Waals surface area (Å²) in [5.41, 5.74) is -0.880. The number of aryl methyl sites for hydroxylation is 1. The number of amides is 1. The minimum atomic E-state index is -4.70. The van der Waals surface area contributed by atoms with Crippen molar-refractivity contribution in [1.29, 1.82) is 0 Å². The molecule has 0 radical (unpaired) electrons. The molecule has 29 heavy (non-hydrogen) atoms. The van der Waals surface area contributed by atoms with Gasteiger partial charge in [0.05, 0.1) is 6.42 Å². The number of benzene rings is 2. The molecule has 1 N–H and O–H groups in total. The van der Waals surface area contributed by atoms with Gasteiger partial charge in [-0.2, -0.15) is 18.3 Å². The molecule has 0 unspecified atom stereocenters. The topological polar surface area (TPSA) is 46.9 Å². The van der Waals surface area contributed by atoms with Crippen molar-refractivity contribution < 1.29 is 26.7 Å². The number of rotatable bonds is 4. The fraction of sp³-hybridized carbons (Fsp3) is 0.158. The zero-order valence-corrected chi connectivity index (χ0v) is 15.6. The lowest BCUT2D eigenvalue weighted by Crippen LogP contribution is -2.17. The summed E-state index contributed by atoms with van der Waals surface area (Å²) >= 11 is 5.49. The molecule has 0 fully saturated rings. The number of para-hydroxylation sites is 1. The normalized spacial score (nSPS) is 11.6. The van der Waals surface area contributed by atoms with Gasteiger partial charge in [0.25, 0.3) is 0 Å². The molecule has 10 heteroatoms. The van der Waals surface area contributed by atoms with E-state index in [4.69, 9.17) is 11.6 Å². The van der Waals surface area contributed by atoms with Crippen LogP contribution in [0.3, 0.4) is 0 Å². The summed E-state index contributed by atoms with van der Waals surface area (Å²) in [6, 6.07) is 8.11. The highest BCUT2D eigenvalue weighted by molar-refractivity contribution is 6.31. The van der Waals surface area contributed by atoms with Crippen LogP contribution in [0.2, 0.25) is 5.02 Å². The Morgan fingerprint density at radius 2 is 1.79 bits per heavy atom. The molecule has 3 rings (SSSR count). The lowest BCUT2D eigenvalue weighted by atomic mass is 10.0. The quantitative estimate of drug-likeness (QED) is 0.456. The third kappa shape index (κ3) is 4.56. The van der Waals surface area contributed by atoms with Crippen LogP contribution >= 0.6 is 11.6 Å². The predicted octanol–water partition coefficient (Wildman–Crippen LogP) is 5.22. The molecule has 0 aliphatic heterocycles. The molecule has 2 aromatic carbocycles. The van der Waals surface area contributed by atoms with E-state index >= 15 is 0 Å². The summed E-state index contributed by atoms with van der Waals surface area (Å²) in [6.07, 6.45) is -4.17. The van der Waals surface area contributed by atoms with Crippen LogP contribution < -0.4 is 5.32 Å². The predicted molar refractivity (Wildman–Crippen MR) is 97.3 cm³/mol. The molecule has 0 aliphatic carbocycles. The summed E-state index contributed by atoms with van der Waals surface area (Å²) in [4.78, 5) is 12.4. The van der Waals surface area contributed by atoms with E-state index in [1.165, 1.54) is 19.2 Å². The molecule has 1 amide bonds. The molecular formula is C19H13ClF5N3O. The maximum Gasteiger partial charge on any atom is 0.435 e. The van der Waals surface area contributed by atoms with Gasteiger partial charge in [0.2, 0.25) is 5.91 Å². The van der Waals surface area contributed by atoms with Gasteiger partial charge in [-0.15, -0.1) is 0 Å². The van der Waals surface area contributed by atoms with E-state index in [0.29, 0.717) is 0 Å². The van der Waals surface area contributed by atoms with Gasteiger partial charge in [-0.25, -0.2) is 8.78 Å². The third-order valence-corrected chi connectivity index (χ3v) is 4.38. The second-order valence-electron chi connectivity index (χ2n) is 6.20. The van der Waals surface area contributed by atoms with E-state index in [1.54, 1.807) is 12.1 Å². The van der Waals surface area contributed by atoms with Gasteiger partial charge >= 0.3 is 6.18 Å². The van der Waals surface area contributed by atoms with Crippen LogP contribution in [-0.4, -0.2) is 15.7 Å². The first-order chi connectivity index (χ1) is 13.6. The van der Waals surface area contributed by atoms with Crippen molar-refractivity contribution in [1.82, 2.24) is 9.78 Å². The van der Waals surface area contributed by atoms with Gasteiger partial charge in [-0.3, -0.25) is 9.48 Å². The van der Waals surface area contributed by atoms with Crippen molar-refractivity contribution in [3.05, 3.63) is 70.5 Å². The molecule has 0 aliphatic rings. The Morgan fingerprint density at radius 1 is 1.17 bits per heavy atom. The van der Waals surface area contributed by atoms with E-state index in [0.717, 1.165) is 23.0 Å². The van der Waals surface area contributed by atoms with Gasteiger partial charge in [0.1, 0.15) is 16.7 Å². The van der Waals surface area contributed by atoms with Crippen LogP contribution in [0.1, 0.15) is 11.3 Å². The summed E-state index contributed by atoms with van der Waals surface area (Å²) in [6.45, 7) is 0. The fourth-order valence-corrected chi connectivity index (χ4v) is 2.94. The highest BCUT2D eigenvalue weighted by atomic mass is 35.5. The highest BCUT2D eigenvalue weighted by Crippen LogP contribution is 2.33. The van der Waals surface area contributed by atoms with Crippen LogP contribution in [-0.2, 0) is 24.4 Å². The first kappa shape index (κ1) is 20.8. The Labute approximate surface area is 166 Å². The second kappa shape index (κ2) is 7.82. The van der Waals surface area contributed by atoms with Crippen molar-refractivity contribution in [3.8, 4) is 11.1 Å². The van der Waals surface area contributed by atoms with Crippen molar-refractivity contribution in [2.45, 2.75) is 12.6 Å². The van der Waals surface area contributed by atoms with Crippen molar-refractivity contribution in [2.24, 2.45) is 7.05 Å². The zero-order valence-electron chi connectivity index (χ0n) is 14.8. The standard InChI is InChI=1S/C19H13ClF5N3O/c1-28-9-11(18(27-28)19(23,24)25)8-16(29)26-15-5-3-2-4-12(15)10-6-13(21)17(20)14(22)7-10/h2-7,9H,8H2,1H3,(H,26,29). The van der Waals surface area contributed by atoms with Crippen molar-refractivity contribution >= 4 is 23.2 Å². The third-order valence-electron chi connectivity index (χ3n) is 4.02. The summed E-state index contributed by atoms with van der Waals surface area (Å²) in [7, 11) is 1.32. The lowest BCUT2D eigenvalue weighted by molar-refractivity contribution is -0.142. The minimum Gasteiger partial charge on any atom is -0.325 e. The summed E-state index contributed by atoms with van der Waals surface area (Å²) < 4.78 is 67.7. The molecule has 1 aromatic heterocycles. The van der Waals surface area contributed by atoms with Gasteiger partial charge < -0.3 is 5.32 Å². The number of hydrogen-bond acceptors (Lipinski definition) is 2. The Morgan fingerprint density at radius 3 is 2.41 bits per heavy atom. The molecule has 0 saturated heterocycles. The van der Waals surface area contributed by atoms with Crippen molar-refractivity contribution in [3.63, 3.8) is 0 Å². The largest absolute Gasteiger partial charge is 0.435 e. The maximum atomic E-state index is 13.8. The highest BCUT2D eigenvalue weighted by Gasteiger charge is 2.37. The fourth-order valence-electron chi connectivity index (χ4n) is 2.83. The smallest absolute Gasteiger partial charge is 0.325 e. The molecule has 0 bridgehead atoms. The number of carbonyl (C=O) groups excluding carboxylic acids is 1. The van der Waals surface area contributed by atoms with E-state index < -0.39 is 40.9 Å². The zero-order chi connectivity index (χ0) is 21.3. The first-order valence-electron chi connectivity index (χ1n) is 8.19. The number of halogens is 6. The van der Waals surface area contributed by atoms with Gasteiger partial charge in [0, 0.05) is 30.1 Å². The van der Waals surface area contributed by atoms with E-state index in [-0.39, 0.29) is 22.4 Å². The number of hydrogen-bond donors (Lipinski definition) is 1. The van der Waals surface area contributed by atoms with Crippen LogP contribution in [0, 0.1) is 11.6 Å². The number of carbonyl (C=O) groups is 1. The monoisotopic (exact) mass is 429 g/mol. The Bertz CT molecular complexity index is 1050. The van der Waals surface area contributed by atoms with Crippen LogP contribution in [0.4, 0.5) is 27.6 Å². The van der Waals surface area contributed by atoms with E-state index in [2.05, 4.69) is 10.4 Å². The molecule has 4 nitrogen and oxygen atoms in total. The molecule has 152 valence electrons. The molecule has 3 aromatic rings. The summed E-state index contributed by atoms with van der Waals surface area (Å²) in [5, 5.41) is 5.17. The second-order valence-corrected chi connectivity index (χ2v) is 6.58. The Kier molecular flexibility index (Phi) is 5.61. The van der Waals surface area contributed by atoms with Gasteiger partial charge in [0.15, 0.2) is 5.69 Å². The molecule has 0 atom stereocenters. The van der Waals surface area contributed by atoms with Crippen LogP contribution in [0.25, 0.3) is 11.1 Å². The van der Waals surface area contributed by atoms with Gasteiger partial charge in [-0.05, 0) is 23.8 Å². The SMILES string of the molecule is Cn1cc(CC(=O)Nc2ccccc2-c2cc(F)c(Cl)c(F)c2)c(C(F)(F)F)n1. The Balaban J connectivity index is 1.88. The summed E-state index contributed by atoms with van der Waals surface area (Å²) in [5.74, 6) is -2.70. The number of nitrogens with zero attached hydrogens (tertiary/aromatic N) is 2. The van der Waals surface area contributed by atoms with Gasteiger partial charge in [-0.1, -0.05) is 29.8 Å². The lowest BCUT2D eigenvalue weighted by Gasteiger charge is -2.12. The van der Waals surface area contributed by atoms with Crippen molar-refractivity contribution in [2.75, 3.05) is 5.32 Å². The van der Waals surface area contributed by atoms with Crippen LogP contribution in [0.5, 0.6) is 0 Å². The molecule has 0 saturated carbocycles.